The minimum absolute atomic E-state index is 1.12. The van der Waals surface area contributed by atoms with Crippen LogP contribution >= 0.6 is 34.0 Å². The van der Waals surface area contributed by atoms with Gasteiger partial charge in [0.1, 0.15) is 0 Å². The predicted octanol–water partition coefficient (Wildman–Crippen LogP) is 21.5. The fraction of sp³-hybridized carbons (Fsp3) is 0. The number of hydrogen-bond donors (Lipinski definition) is 0. The highest BCUT2D eigenvalue weighted by Crippen LogP contribution is 2.48. The van der Waals surface area contributed by atoms with Gasteiger partial charge in [0.15, 0.2) is 0 Å². The average Bonchev–Trinajstić information content (AvgIpc) is 4.15. The predicted molar refractivity (Wildman–Crippen MR) is 324 cm³/mol. The number of fused-ring (bicyclic) bond motifs is 11. The van der Waals surface area contributed by atoms with Crippen molar-refractivity contribution >= 4 is 167 Å². The Morgan fingerprint density at radius 2 is 0.486 bits per heavy atom. The summed E-state index contributed by atoms with van der Waals surface area (Å²) in [6.07, 6.45) is 0. The molecule has 0 aliphatic carbocycles. The summed E-state index contributed by atoms with van der Waals surface area (Å²) in [6.45, 7) is 0. The lowest BCUT2D eigenvalue weighted by Crippen LogP contribution is -2.10. The lowest BCUT2D eigenvalue weighted by Gasteiger charge is -2.27. The third kappa shape index (κ3) is 7.13. The van der Waals surface area contributed by atoms with Crippen molar-refractivity contribution in [3.05, 3.63) is 261 Å². The van der Waals surface area contributed by atoms with Crippen molar-refractivity contribution in [3.8, 4) is 0 Å². The molecule has 3 aromatic heterocycles. The molecule has 15 aromatic rings. The standard InChI is InChI=1S/C68H43N3S3/c1-3-19-46(20-4-1)69(48-29-34-57-59-37-31-50(41-67(59)73-65(57)39-48)70(47-21-5-2-6-22-47)61-26-13-17-44-15-7-9-23-53(44)61)49-30-35-58-60-38-33-52(43-68(60)74-66(58)40-49)71(62-27-14-18-45-16-8-10-24-54(45)62)51-32-36-56-55-25-11-12-28-63(55)72-64(56)42-51/h1-43H. The Kier molecular flexibility index (Phi) is 10.1. The molecule has 0 saturated heterocycles. The smallest absolute Gasteiger partial charge is 0.0540 e. The highest BCUT2D eigenvalue weighted by Gasteiger charge is 2.22. The van der Waals surface area contributed by atoms with Crippen LogP contribution in [0.4, 0.5) is 51.2 Å². The van der Waals surface area contributed by atoms with E-state index in [0.29, 0.717) is 0 Å². The van der Waals surface area contributed by atoms with Gasteiger partial charge in [-0.05, 0) is 114 Å². The Balaban J connectivity index is 0.829. The van der Waals surface area contributed by atoms with E-state index >= 15 is 0 Å². The van der Waals surface area contributed by atoms with Gasteiger partial charge >= 0.3 is 0 Å². The van der Waals surface area contributed by atoms with Crippen LogP contribution in [-0.2, 0) is 0 Å². The van der Waals surface area contributed by atoms with Crippen LogP contribution in [0.5, 0.6) is 0 Å². The van der Waals surface area contributed by atoms with Gasteiger partial charge < -0.3 is 14.7 Å². The number of benzene rings is 12. The second kappa shape index (κ2) is 17.5. The fourth-order valence-electron chi connectivity index (χ4n) is 11.2. The molecule has 0 bridgehead atoms. The van der Waals surface area contributed by atoms with Crippen molar-refractivity contribution in [1.82, 2.24) is 0 Å². The van der Waals surface area contributed by atoms with Gasteiger partial charge in [0.25, 0.3) is 0 Å². The van der Waals surface area contributed by atoms with Crippen molar-refractivity contribution in [1.29, 1.82) is 0 Å². The van der Waals surface area contributed by atoms with Gasteiger partial charge in [-0.25, -0.2) is 0 Å². The van der Waals surface area contributed by atoms with Crippen molar-refractivity contribution in [2.75, 3.05) is 14.7 Å². The lowest BCUT2D eigenvalue weighted by molar-refractivity contribution is 1.30. The summed E-state index contributed by atoms with van der Waals surface area (Å²) < 4.78 is 7.62. The van der Waals surface area contributed by atoms with Crippen molar-refractivity contribution < 1.29 is 0 Å². The van der Waals surface area contributed by atoms with Gasteiger partial charge in [0.2, 0.25) is 0 Å². The molecule has 0 atom stereocenters. The summed E-state index contributed by atoms with van der Waals surface area (Å²) in [5.41, 5.74) is 10.2. The minimum Gasteiger partial charge on any atom is -0.310 e. The van der Waals surface area contributed by atoms with Crippen LogP contribution in [0.15, 0.2) is 261 Å². The molecular weight excluding hydrogens is 955 g/mol. The quantitative estimate of drug-likeness (QED) is 0.143. The number of thiophene rings is 3. The number of para-hydroxylation sites is 2. The molecule has 0 spiro atoms. The summed E-state index contributed by atoms with van der Waals surface area (Å²) in [7, 11) is 0. The third-order valence-electron chi connectivity index (χ3n) is 14.6. The molecule has 0 fully saturated rings. The summed E-state index contributed by atoms with van der Waals surface area (Å²) in [6, 6.07) is 95.9. The van der Waals surface area contributed by atoms with Crippen LogP contribution < -0.4 is 14.7 Å². The van der Waals surface area contributed by atoms with E-state index in [1.54, 1.807) is 0 Å². The monoisotopic (exact) mass is 997 g/mol. The van der Waals surface area contributed by atoms with Gasteiger partial charge in [-0.2, -0.15) is 0 Å². The Labute approximate surface area is 439 Å². The van der Waals surface area contributed by atoms with Gasteiger partial charge in [-0.15, -0.1) is 34.0 Å². The van der Waals surface area contributed by atoms with E-state index in [1.165, 1.54) is 82.1 Å². The molecule has 0 aliphatic heterocycles. The zero-order valence-electron chi connectivity index (χ0n) is 39.9. The molecule has 15 rings (SSSR count). The van der Waals surface area contributed by atoms with Crippen LogP contribution in [0.3, 0.4) is 0 Å². The van der Waals surface area contributed by atoms with Gasteiger partial charge in [-0.1, -0.05) is 158 Å². The first-order chi connectivity index (χ1) is 36.7. The van der Waals surface area contributed by atoms with Crippen LogP contribution in [0, 0.1) is 0 Å². The Morgan fingerprint density at radius 3 is 0.919 bits per heavy atom. The molecule has 12 aromatic carbocycles. The molecule has 0 aliphatic rings. The number of hydrogen-bond acceptors (Lipinski definition) is 6. The van der Waals surface area contributed by atoms with E-state index in [9.17, 15) is 0 Å². The summed E-state index contributed by atoms with van der Waals surface area (Å²) >= 11 is 5.59. The largest absolute Gasteiger partial charge is 0.310 e. The molecule has 3 nitrogen and oxygen atoms in total. The number of rotatable bonds is 9. The van der Waals surface area contributed by atoms with E-state index in [2.05, 4.69) is 276 Å². The van der Waals surface area contributed by atoms with E-state index < -0.39 is 0 Å². The Morgan fingerprint density at radius 1 is 0.189 bits per heavy atom. The molecule has 0 saturated carbocycles. The maximum atomic E-state index is 2.45. The molecule has 0 unspecified atom stereocenters. The maximum absolute atomic E-state index is 2.45. The molecular formula is C68H43N3S3. The normalized spacial score (nSPS) is 11.8. The van der Waals surface area contributed by atoms with E-state index in [1.807, 2.05) is 34.0 Å². The summed E-state index contributed by atoms with van der Waals surface area (Å²) in [4.78, 5) is 7.26. The highest BCUT2D eigenvalue weighted by atomic mass is 32.1. The average molecular weight is 998 g/mol. The number of nitrogens with zero attached hydrogens (tertiary/aromatic N) is 3. The number of anilines is 9. The second-order valence-electron chi connectivity index (χ2n) is 18.9. The van der Waals surface area contributed by atoms with Gasteiger partial charge in [0, 0.05) is 111 Å². The van der Waals surface area contributed by atoms with Crippen molar-refractivity contribution in [2.24, 2.45) is 0 Å². The van der Waals surface area contributed by atoms with Crippen molar-refractivity contribution in [2.45, 2.75) is 0 Å². The molecule has 3 heterocycles. The molecule has 348 valence electrons. The van der Waals surface area contributed by atoms with Gasteiger partial charge in [-0.3, -0.25) is 0 Å². The SMILES string of the molecule is c1ccc(N(c2ccc3c(c2)sc2cc(N(c4ccccc4)c4cccc5ccccc45)ccc23)c2ccc3c(c2)sc2cc(N(c4ccc5c(c4)sc4ccccc45)c4cccc5ccccc45)ccc23)cc1. The highest BCUT2D eigenvalue weighted by molar-refractivity contribution is 7.26. The lowest BCUT2D eigenvalue weighted by atomic mass is 10.1. The summed E-state index contributed by atoms with van der Waals surface area (Å²) in [5, 5.41) is 12.6. The zero-order valence-corrected chi connectivity index (χ0v) is 42.3. The van der Waals surface area contributed by atoms with Crippen LogP contribution in [0.25, 0.3) is 82.1 Å². The van der Waals surface area contributed by atoms with E-state index in [4.69, 9.17) is 0 Å². The Hall–Kier alpha value is -8.78. The topological polar surface area (TPSA) is 9.72 Å². The van der Waals surface area contributed by atoms with Crippen molar-refractivity contribution in [3.63, 3.8) is 0 Å². The molecule has 0 N–H and O–H groups in total. The first-order valence-electron chi connectivity index (χ1n) is 25.0. The zero-order chi connectivity index (χ0) is 48.7. The van der Waals surface area contributed by atoms with Crippen LogP contribution in [0.2, 0.25) is 0 Å². The first-order valence-corrected chi connectivity index (χ1v) is 27.4. The van der Waals surface area contributed by atoms with Crippen LogP contribution in [0.1, 0.15) is 0 Å². The summed E-state index contributed by atoms with van der Waals surface area (Å²) in [5.74, 6) is 0. The minimum atomic E-state index is 1.12. The van der Waals surface area contributed by atoms with E-state index in [0.717, 1.165) is 51.2 Å². The molecule has 74 heavy (non-hydrogen) atoms. The molecule has 0 radical (unpaired) electrons. The van der Waals surface area contributed by atoms with Gasteiger partial charge in [0.05, 0.1) is 11.4 Å². The first kappa shape index (κ1) is 42.9. The van der Waals surface area contributed by atoms with Crippen LogP contribution in [-0.4, -0.2) is 0 Å². The molecule has 0 amide bonds. The Bertz CT molecular complexity index is 4640. The van der Waals surface area contributed by atoms with E-state index in [-0.39, 0.29) is 0 Å². The third-order valence-corrected chi connectivity index (χ3v) is 17.9. The molecule has 6 heteroatoms. The second-order valence-corrected chi connectivity index (χ2v) is 22.1. The fourth-order valence-corrected chi connectivity index (χ4v) is 14.7. The maximum Gasteiger partial charge on any atom is 0.0540 e.